The molecule has 140 valence electrons. The van der Waals surface area contributed by atoms with Crippen LogP contribution in [0.25, 0.3) is 0 Å². The van der Waals surface area contributed by atoms with Crippen molar-refractivity contribution in [3.8, 4) is 23.0 Å². The Morgan fingerprint density at radius 1 is 0.852 bits per heavy atom. The van der Waals surface area contributed by atoms with Crippen LogP contribution in [0.5, 0.6) is 23.0 Å². The van der Waals surface area contributed by atoms with E-state index in [1.54, 1.807) is 12.1 Å². The lowest BCUT2D eigenvalue weighted by atomic mass is 9.81. The summed E-state index contributed by atoms with van der Waals surface area (Å²) in [5, 5.41) is 11.2. The van der Waals surface area contributed by atoms with E-state index in [4.69, 9.17) is 23.7 Å². The lowest BCUT2D eigenvalue weighted by molar-refractivity contribution is -0.154. The van der Waals surface area contributed by atoms with Gasteiger partial charge in [-0.2, -0.15) is 0 Å². The molecule has 0 radical (unpaired) electrons. The predicted octanol–water partition coefficient (Wildman–Crippen LogP) is 1.83. The van der Waals surface area contributed by atoms with Crippen molar-refractivity contribution < 1.29 is 33.6 Å². The van der Waals surface area contributed by atoms with Crippen LogP contribution in [0.2, 0.25) is 0 Å². The summed E-state index contributed by atoms with van der Waals surface area (Å²) >= 11 is 0. The smallest absolute Gasteiger partial charge is 0.338 e. The molecular formula is C20H18O7. The molecule has 0 amide bonds. The van der Waals surface area contributed by atoms with E-state index in [-0.39, 0.29) is 32.5 Å². The molecule has 0 aromatic heterocycles. The predicted molar refractivity (Wildman–Crippen MR) is 91.9 cm³/mol. The molecule has 3 aliphatic rings. The average Bonchev–Trinajstić information content (AvgIpc) is 3.37. The van der Waals surface area contributed by atoms with E-state index in [1.165, 1.54) is 0 Å². The number of ether oxygens (including phenoxy) is 5. The fourth-order valence-corrected chi connectivity index (χ4v) is 3.76. The summed E-state index contributed by atoms with van der Waals surface area (Å²) in [6.45, 7) is 0.560. The molecule has 1 fully saturated rings. The van der Waals surface area contributed by atoms with Gasteiger partial charge in [0, 0.05) is 12.3 Å². The second-order valence-corrected chi connectivity index (χ2v) is 6.98. The maximum atomic E-state index is 12.3. The van der Waals surface area contributed by atoms with Crippen molar-refractivity contribution in [3.63, 3.8) is 0 Å². The van der Waals surface area contributed by atoms with Crippen LogP contribution < -0.4 is 18.9 Å². The van der Waals surface area contributed by atoms with Crippen LogP contribution in [-0.2, 0) is 22.4 Å². The number of cyclic esters (lactones) is 1. The Hall–Kier alpha value is -2.93. The van der Waals surface area contributed by atoms with Gasteiger partial charge in [0.2, 0.25) is 13.6 Å². The third kappa shape index (κ3) is 2.75. The van der Waals surface area contributed by atoms with Gasteiger partial charge in [0.05, 0.1) is 6.61 Å². The Kier molecular flexibility index (Phi) is 3.65. The Labute approximate surface area is 155 Å². The Morgan fingerprint density at radius 3 is 2.15 bits per heavy atom. The molecule has 0 unspecified atom stereocenters. The minimum absolute atomic E-state index is 0.150. The zero-order valence-corrected chi connectivity index (χ0v) is 14.5. The van der Waals surface area contributed by atoms with Crippen LogP contribution in [0.1, 0.15) is 11.1 Å². The monoisotopic (exact) mass is 370 g/mol. The van der Waals surface area contributed by atoms with Gasteiger partial charge in [0.15, 0.2) is 28.6 Å². The molecule has 1 saturated heterocycles. The van der Waals surface area contributed by atoms with E-state index in [0.717, 1.165) is 11.1 Å². The highest BCUT2D eigenvalue weighted by molar-refractivity contribution is 5.82. The highest BCUT2D eigenvalue weighted by atomic mass is 16.7. The summed E-state index contributed by atoms with van der Waals surface area (Å²) in [5.41, 5.74) is 0.146. The van der Waals surface area contributed by atoms with Crippen LogP contribution in [0.4, 0.5) is 0 Å². The van der Waals surface area contributed by atoms with Crippen LogP contribution in [0, 0.1) is 5.92 Å². The molecule has 27 heavy (non-hydrogen) atoms. The number of esters is 1. The Balaban J connectivity index is 1.38. The third-order valence-corrected chi connectivity index (χ3v) is 5.27. The molecule has 7 nitrogen and oxygen atoms in total. The highest BCUT2D eigenvalue weighted by Crippen LogP contribution is 2.39. The van der Waals surface area contributed by atoms with Gasteiger partial charge in [-0.15, -0.1) is 0 Å². The lowest BCUT2D eigenvalue weighted by Gasteiger charge is -2.25. The summed E-state index contributed by atoms with van der Waals surface area (Å²) < 4.78 is 26.6. The summed E-state index contributed by atoms with van der Waals surface area (Å²) in [7, 11) is 0. The fraction of sp³-hybridized carbons (Fsp3) is 0.350. The van der Waals surface area contributed by atoms with E-state index in [9.17, 15) is 9.90 Å². The number of carbonyl (C=O) groups excluding carboxylic acids is 1. The molecule has 0 aliphatic carbocycles. The zero-order chi connectivity index (χ0) is 18.4. The SMILES string of the molecule is O=C1OC[C@H](Cc2ccc3c(c2)OCO3)[C@]1(O)Cc1ccc2c(c1)OCO2. The summed E-state index contributed by atoms with van der Waals surface area (Å²) in [6.07, 6.45) is 0.640. The molecule has 7 heteroatoms. The normalized spacial score (nSPS) is 24.9. The van der Waals surface area contributed by atoms with E-state index in [1.807, 2.05) is 24.3 Å². The second kappa shape index (κ2) is 6.06. The van der Waals surface area contributed by atoms with Crippen molar-refractivity contribution >= 4 is 5.97 Å². The molecule has 3 heterocycles. The molecule has 2 aromatic rings. The number of hydrogen-bond donors (Lipinski definition) is 1. The number of fused-ring (bicyclic) bond motifs is 2. The first-order valence-corrected chi connectivity index (χ1v) is 8.78. The standard InChI is InChI=1S/C20H18O7/c21-19-20(22,8-13-2-4-16-18(7-13)27-11-25-16)14(9-23-19)5-12-1-3-15-17(6-12)26-10-24-15/h1-4,6-7,14,22H,5,8-11H2/t14-,20+/m0/s1. The minimum atomic E-state index is -1.59. The molecule has 2 atom stereocenters. The summed E-state index contributed by atoms with van der Waals surface area (Å²) in [5.74, 6) is 1.71. The van der Waals surface area contributed by atoms with Gasteiger partial charge in [-0.05, 0) is 41.8 Å². The molecule has 3 aliphatic heterocycles. The molecule has 2 aromatic carbocycles. The van der Waals surface area contributed by atoms with Crippen molar-refractivity contribution in [1.29, 1.82) is 0 Å². The van der Waals surface area contributed by atoms with Gasteiger partial charge >= 0.3 is 5.97 Å². The Morgan fingerprint density at radius 2 is 1.44 bits per heavy atom. The van der Waals surface area contributed by atoms with Crippen LogP contribution in [0.3, 0.4) is 0 Å². The van der Waals surface area contributed by atoms with Crippen molar-refractivity contribution in [2.45, 2.75) is 18.4 Å². The largest absolute Gasteiger partial charge is 0.463 e. The van der Waals surface area contributed by atoms with Crippen molar-refractivity contribution in [2.75, 3.05) is 20.2 Å². The number of rotatable bonds is 4. The van der Waals surface area contributed by atoms with Crippen molar-refractivity contribution in [1.82, 2.24) is 0 Å². The minimum Gasteiger partial charge on any atom is -0.463 e. The first-order chi connectivity index (χ1) is 13.1. The molecule has 0 spiro atoms. The number of hydrogen-bond acceptors (Lipinski definition) is 7. The van der Waals surface area contributed by atoms with Gasteiger partial charge in [-0.1, -0.05) is 12.1 Å². The number of carbonyl (C=O) groups is 1. The average molecular weight is 370 g/mol. The van der Waals surface area contributed by atoms with Gasteiger partial charge in [0.1, 0.15) is 0 Å². The van der Waals surface area contributed by atoms with Crippen LogP contribution in [-0.4, -0.2) is 36.9 Å². The van der Waals surface area contributed by atoms with Crippen LogP contribution in [0.15, 0.2) is 36.4 Å². The molecule has 1 N–H and O–H groups in total. The van der Waals surface area contributed by atoms with Crippen LogP contribution >= 0.6 is 0 Å². The van der Waals surface area contributed by atoms with E-state index in [2.05, 4.69) is 0 Å². The first kappa shape index (κ1) is 16.3. The van der Waals surface area contributed by atoms with Gasteiger partial charge in [-0.25, -0.2) is 4.79 Å². The van der Waals surface area contributed by atoms with E-state index >= 15 is 0 Å². The summed E-state index contributed by atoms with van der Waals surface area (Å²) in [6, 6.07) is 11.0. The molecule has 5 rings (SSSR count). The van der Waals surface area contributed by atoms with Crippen molar-refractivity contribution in [3.05, 3.63) is 47.5 Å². The first-order valence-electron chi connectivity index (χ1n) is 8.78. The fourth-order valence-electron chi connectivity index (χ4n) is 3.76. The molecular weight excluding hydrogens is 352 g/mol. The van der Waals surface area contributed by atoms with E-state index < -0.39 is 11.6 Å². The Bertz CT molecular complexity index is 909. The van der Waals surface area contributed by atoms with Crippen molar-refractivity contribution in [2.24, 2.45) is 5.92 Å². The van der Waals surface area contributed by atoms with Gasteiger partial charge < -0.3 is 28.8 Å². The molecule has 0 saturated carbocycles. The maximum Gasteiger partial charge on any atom is 0.338 e. The highest BCUT2D eigenvalue weighted by Gasteiger charge is 2.51. The maximum absolute atomic E-state index is 12.3. The quantitative estimate of drug-likeness (QED) is 0.822. The summed E-state index contributed by atoms with van der Waals surface area (Å²) in [4.78, 5) is 12.3. The lowest BCUT2D eigenvalue weighted by Crippen LogP contribution is -2.44. The number of benzene rings is 2. The van der Waals surface area contributed by atoms with E-state index in [0.29, 0.717) is 29.4 Å². The third-order valence-electron chi connectivity index (χ3n) is 5.27. The zero-order valence-electron chi connectivity index (χ0n) is 14.5. The van der Waals surface area contributed by atoms with Gasteiger partial charge in [0.25, 0.3) is 0 Å². The molecule has 0 bridgehead atoms. The number of aliphatic hydroxyl groups is 1. The second-order valence-electron chi connectivity index (χ2n) is 6.98. The topological polar surface area (TPSA) is 83.5 Å². The van der Waals surface area contributed by atoms with Gasteiger partial charge in [-0.3, -0.25) is 0 Å².